The van der Waals surface area contributed by atoms with Crippen LogP contribution in [-0.4, -0.2) is 112 Å². The van der Waals surface area contributed by atoms with Gasteiger partial charge in [0.2, 0.25) is 0 Å². The number of halogens is 9. The van der Waals surface area contributed by atoms with Gasteiger partial charge in [-0.05, 0) is 55.6 Å². The minimum atomic E-state index is -5.08. The fourth-order valence-corrected chi connectivity index (χ4v) is 4.47. The molecule has 0 aliphatic carbocycles. The minimum absolute atomic E-state index is 0.0737. The zero-order valence-electron chi connectivity index (χ0n) is 26.0. The first-order valence-corrected chi connectivity index (χ1v) is 14.0. The standard InChI is InChI=1S/C23H31N3O2.3C2HF3O2/c1-25(16-20-4-3-11-24-15-20)21-14-23(28-18-21)9-12-26(13-10-23)17-19-5-7-22(27-2)8-6-19;3*3-2(4,5)1(6)7/h3-8,11,15,21H,9-10,12-14,16-18H2,1-2H3;3*(H,6,7). The highest BCUT2D eigenvalue weighted by molar-refractivity contribution is 5.73. The molecule has 20 heteroatoms. The molecule has 2 aromatic rings. The van der Waals surface area contributed by atoms with Gasteiger partial charge in [0.15, 0.2) is 0 Å². The fraction of sp³-hybridized carbons (Fsp3) is 0.517. The van der Waals surface area contributed by atoms with Crippen LogP contribution < -0.4 is 4.74 Å². The fourth-order valence-electron chi connectivity index (χ4n) is 4.47. The lowest BCUT2D eigenvalue weighted by molar-refractivity contribution is -0.193. The maximum Gasteiger partial charge on any atom is 0.490 e. The second kappa shape index (κ2) is 18.6. The Morgan fingerprint density at radius 3 is 1.73 bits per heavy atom. The van der Waals surface area contributed by atoms with E-state index < -0.39 is 36.4 Å². The van der Waals surface area contributed by atoms with E-state index in [0.717, 1.165) is 57.8 Å². The number of likely N-dealkylation sites (N-methyl/N-ethyl adjacent to an activating group) is 1. The van der Waals surface area contributed by atoms with Gasteiger partial charge in [-0.15, -0.1) is 0 Å². The van der Waals surface area contributed by atoms with Crippen molar-refractivity contribution in [1.29, 1.82) is 0 Å². The summed E-state index contributed by atoms with van der Waals surface area (Å²) in [6, 6.07) is 13.1. The van der Waals surface area contributed by atoms with Crippen LogP contribution in [0, 0.1) is 0 Å². The molecule has 0 saturated carbocycles. The van der Waals surface area contributed by atoms with Crippen molar-refractivity contribution in [1.82, 2.24) is 14.8 Å². The average Bonchev–Trinajstić information content (AvgIpc) is 3.42. The Morgan fingerprint density at radius 2 is 1.35 bits per heavy atom. The molecule has 1 aromatic carbocycles. The molecule has 4 rings (SSSR count). The molecular formula is C29H34F9N3O8. The number of nitrogens with zero attached hydrogens (tertiary/aromatic N) is 3. The Hall–Kier alpha value is -4.17. The third kappa shape index (κ3) is 16.2. The van der Waals surface area contributed by atoms with Crippen LogP contribution in [0.25, 0.3) is 0 Å². The van der Waals surface area contributed by atoms with E-state index >= 15 is 0 Å². The van der Waals surface area contributed by atoms with Crippen molar-refractivity contribution in [2.75, 3.05) is 33.9 Å². The number of aliphatic carboxylic acids is 3. The average molecular weight is 724 g/mol. The highest BCUT2D eigenvalue weighted by Crippen LogP contribution is 2.38. The van der Waals surface area contributed by atoms with Gasteiger partial charge in [-0.3, -0.25) is 14.8 Å². The second-order valence-electron chi connectivity index (χ2n) is 10.7. The summed E-state index contributed by atoms with van der Waals surface area (Å²) in [5, 5.41) is 21.4. The summed E-state index contributed by atoms with van der Waals surface area (Å²) >= 11 is 0. The summed E-state index contributed by atoms with van der Waals surface area (Å²) < 4.78 is 107. The lowest BCUT2D eigenvalue weighted by Gasteiger charge is -2.39. The van der Waals surface area contributed by atoms with Crippen LogP contribution in [0.4, 0.5) is 39.5 Å². The Balaban J connectivity index is 0.000000467. The molecule has 2 fully saturated rings. The lowest BCUT2D eigenvalue weighted by Crippen LogP contribution is -2.44. The van der Waals surface area contributed by atoms with Crippen LogP contribution >= 0.6 is 0 Å². The molecule has 1 spiro atoms. The summed E-state index contributed by atoms with van der Waals surface area (Å²) in [7, 11) is 3.92. The van der Waals surface area contributed by atoms with Gasteiger partial charge in [0.1, 0.15) is 5.75 Å². The van der Waals surface area contributed by atoms with Gasteiger partial charge in [-0.25, -0.2) is 14.4 Å². The van der Waals surface area contributed by atoms with Crippen molar-refractivity contribution in [3.63, 3.8) is 0 Å². The molecule has 0 radical (unpaired) electrons. The molecule has 276 valence electrons. The van der Waals surface area contributed by atoms with Crippen LogP contribution in [0.2, 0.25) is 0 Å². The van der Waals surface area contributed by atoms with E-state index in [1.54, 1.807) is 7.11 Å². The molecule has 2 aliphatic rings. The first kappa shape index (κ1) is 42.9. The number of pyridine rings is 1. The van der Waals surface area contributed by atoms with Crippen molar-refractivity contribution in [2.24, 2.45) is 0 Å². The van der Waals surface area contributed by atoms with Crippen LogP contribution in [-0.2, 0) is 32.2 Å². The third-order valence-corrected chi connectivity index (χ3v) is 7.03. The molecule has 11 nitrogen and oxygen atoms in total. The van der Waals surface area contributed by atoms with Crippen LogP contribution in [0.3, 0.4) is 0 Å². The summed E-state index contributed by atoms with van der Waals surface area (Å²) in [4.78, 5) is 35.9. The van der Waals surface area contributed by atoms with Gasteiger partial charge >= 0.3 is 36.4 Å². The Bertz CT molecular complexity index is 1260. The van der Waals surface area contributed by atoms with E-state index in [1.165, 1.54) is 11.1 Å². The number of benzene rings is 1. The van der Waals surface area contributed by atoms with Gasteiger partial charge in [0.25, 0.3) is 0 Å². The zero-order valence-corrected chi connectivity index (χ0v) is 26.0. The van der Waals surface area contributed by atoms with Crippen molar-refractivity contribution in [3.8, 4) is 5.75 Å². The number of carboxylic acids is 3. The van der Waals surface area contributed by atoms with E-state index in [-0.39, 0.29) is 5.60 Å². The molecule has 1 unspecified atom stereocenters. The zero-order chi connectivity index (χ0) is 37.6. The first-order chi connectivity index (χ1) is 22.5. The highest BCUT2D eigenvalue weighted by atomic mass is 19.4. The van der Waals surface area contributed by atoms with E-state index in [4.69, 9.17) is 39.2 Å². The van der Waals surface area contributed by atoms with Crippen LogP contribution in [0.1, 0.15) is 30.4 Å². The predicted octanol–water partition coefficient (Wildman–Crippen LogP) is 5.25. The number of aromatic nitrogens is 1. The van der Waals surface area contributed by atoms with Gasteiger partial charge in [-0.2, -0.15) is 39.5 Å². The molecule has 3 heterocycles. The predicted molar refractivity (Wildman–Crippen MR) is 151 cm³/mol. The van der Waals surface area contributed by atoms with Crippen molar-refractivity contribution < 1.29 is 78.7 Å². The molecule has 0 amide bonds. The molecule has 0 bridgehead atoms. The van der Waals surface area contributed by atoms with E-state index in [2.05, 4.69) is 40.0 Å². The Morgan fingerprint density at radius 1 is 0.878 bits per heavy atom. The Kier molecular flexibility index (Phi) is 16.2. The third-order valence-electron chi connectivity index (χ3n) is 7.03. The van der Waals surface area contributed by atoms with Crippen molar-refractivity contribution in [2.45, 2.75) is 62.5 Å². The molecule has 3 N–H and O–H groups in total. The first-order valence-electron chi connectivity index (χ1n) is 14.0. The summed E-state index contributed by atoms with van der Waals surface area (Å²) in [5.41, 5.74) is 2.68. The molecular weight excluding hydrogens is 689 g/mol. The normalized spacial score (nSPS) is 17.4. The SMILES string of the molecule is COc1ccc(CN2CCC3(CC2)CC(N(C)Cc2cccnc2)CO3)cc1.O=C(O)C(F)(F)F.O=C(O)C(F)(F)F.O=C(O)C(F)(F)F. The number of hydrogen-bond acceptors (Lipinski definition) is 8. The number of piperidine rings is 1. The largest absolute Gasteiger partial charge is 0.497 e. The van der Waals surface area contributed by atoms with Gasteiger partial charge < -0.3 is 24.8 Å². The quantitative estimate of drug-likeness (QED) is 0.336. The van der Waals surface area contributed by atoms with Gasteiger partial charge in [-0.1, -0.05) is 18.2 Å². The lowest BCUT2D eigenvalue weighted by atomic mass is 9.87. The van der Waals surface area contributed by atoms with Gasteiger partial charge in [0.05, 0.1) is 19.3 Å². The number of likely N-dealkylation sites (tertiary alicyclic amines) is 1. The number of methoxy groups -OCH3 is 1. The van der Waals surface area contributed by atoms with E-state index in [0.29, 0.717) is 6.04 Å². The van der Waals surface area contributed by atoms with E-state index in [9.17, 15) is 39.5 Å². The van der Waals surface area contributed by atoms with Crippen molar-refractivity contribution >= 4 is 17.9 Å². The summed E-state index contributed by atoms with van der Waals surface area (Å²) in [6.45, 7) is 4.98. The number of hydrogen-bond donors (Lipinski definition) is 3. The summed E-state index contributed by atoms with van der Waals surface area (Å²) in [6.07, 6.45) is -8.07. The molecule has 1 atom stereocenters. The minimum Gasteiger partial charge on any atom is -0.497 e. The number of rotatable bonds is 6. The number of carboxylic acid groups (broad SMARTS) is 3. The Labute approximate surface area is 273 Å². The molecule has 2 saturated heterocycles. The monoisotopic (exact) mass is 723 g/mol. The van der Waals surface area contributed by atoms with Crippen molar-refractivity contribution in [3.05, 3.63) is 59.9 Å². The van der Waals surface area contributed by atoms with E-state index in [1.807, 2.05) is 30.6 Å². The smallest absolute Gasteiger partial charge is 0.490 e. The molecule has 1 aromatic heterocycles. The number of ether oxygens (including phenoxy) is 2. The maximum absolute atomic E-state index is 10.6. The second-order valence-corrected chi connectivity index (χ2v) is 10.7. The summed E-state index contributed by atoms with van der Waals surface area (Å²) in [5.74, 6) is -7.35. The highest BCUT2D eigenvalue weighted by Gasteiger charge is 2.44. The maximum atomic E-state index is 10.6. The topological polar surface area (TPSA) is 150 Å². The number of carbonyl (C=O) groups is 3. The number of alkyl halides is 9. The van der Waals surface area contributed by atoms with Crippen LogP contribution in [0.15, 0.2) is 48.8 Å². The molecule has 49 heavy (non-hydrogen) atoms. The van der Waals surface area contributed by atoms with Gasteiger partial charge in [0, 0.05) is 44.6 Å². The van der Waals surface area contributed by atoms with Crippen LogP contribution in [0.5, 0.6) is 5.75 Å². The molecule has 2 aliphatic heterocycles.